The minimum absolute atomic E-state index is 0.0288. The standard InChI is InChI=1S/C17H26N4O3/c1-19-10-3-5-14(19)6-9-18-15(22)21-11-4-7-17(8-12-21)13-20(2)16(23)24-17/h3,5,10H,4,6-9,11-13H2,1-2H3,(H,18,22)/t17-/m1/s1. The molecule has 3 heterocycles. The molecule has 24 heavy (non-hydrogen) atoms. The lowest BCUT2D eigenvalue weighted by Crippen LogP contribution is -2.42. The molecular weight excluding hydrogens is 308 g/mol. The zero-order valence-corrected chi connectivity index (χ0v) is 14.5. The van der Waals surface area contributed by atoms with Gasteiger partial charge in [-0.15, -0.1) is 0 Å². The summed E-state index contributed by atoms with van der Waals surface area (Å²) in [5, 5.41) is 3.00. The van der Waals surface area contributed by atoms with Crippen molar-refractivity contribution in [3.05, 3.63) is 24.0 Å². The first kappa shape index (κ1) is 16.7. The Hall–Kier alpha value is -2.18. The van der Waals surface area contributed by atoms with E-state index < -0.39 is 5.60 Å². The fourth-order valence-corrected chi connectivity index (χ4v) is 3.59. The molecule has 2 fully saturated rings. The average molecular weight is 334 g/mol. The first-order chi connectivity index (χ1) is 11.5. The summed E-state index contributed by atoms with van der Waals surface area (Å²) in [5.41, 5.74) is 0.787. The third-order valence-corrected chi connectivity index (χ3v) is 5.03. The molecule has 2 saturated heterocycles. The molecule has 0 aromatic carbocycles. The van der Waals surface area contributed by atoms with Crippen molar-refractivity contribution in [2.24, 2.45) is 7.05 Å². The van der Waals surface area contributed by atoms with Crippen molar-refractivity contribution >= 4 is 12.1 Å². The molecule has 7 heteroatoms. The summed E-state index contributed by atoms with van der Waals surface area (Å²) >= 11 is 0. The molecule has 0 bridgehead atoms. The Kier molecular flexibility index (Phi) is 4.69. The van der Waals surface area contributed by atoms with Crippen molar-refractivity contribution in [1.29, 1.82) is 0 Å². The third kappa shape index (κ3) is 3.49. The maximum absolute atomic E-state index is 12.4. The summed E-state index contributed by atoms with van der Waals surface area (Å²) in [5.74, 6) is 0. The van der Waals surface area contributed by atoms with Gasteiger partial charge in [-0.2, -0.15) is 0 Å². The van der Waals surface area contributed by atoms with Gasteiger partial charge in [0.15, 0.2) is 0 Å². The van der Waals surface area contributed by atoms with Crippen LogP contribution < -0.4 is 5.32 Å². The van der Waals surface area contributed by atoms with E-state index in [9.17, 15) is 9.59 Å². The van der Waals surface area contributed by atoms with Crippen molar-refractivity contribution in [3.8, 4) is 0 Å². The highest BCUT2D eigenvalue weighted by Gasteiger charge is 2.44. The average Bonchev–Trinajstić information content (AvgIpc) is 2.98. The van der Waals surface area contributed by atoms with Crippen molar-refractivity contribution in [1.82, 2.24) is 19.7 Å². The van der Waals surface area contributed by atoms with Gasteiger partial charge in [0, 0.05) is 58.5 Å². The Morgan fingerprint density at radius 2 is 2.17 bits per heavy atom. The number of carbonyl (C=O) groups excluding carboxylic acids is 2. The van der Waals surface area contributed by atoms with Crippen molar-refractivity contribution in [2.75, 3.05) is 33.2 Å². The third-order valence-electron chi connectivity index (χ3n) is 5.03. The zero-order valence-electron chi connectivity index (χ0n) is 14.5. The van der Waals surface area contributed by atoms with Gasteiger partial charge in [0.2, 0.25) is 0 Å². The van der Waals surface area contributed by atoms with Crippen LogP contribution in [0.2, 0.25) is 0 Å². The molecule has 0 saturated carbocycles. The van der Waals surface area contributed by atoms with Crippen molar-refractivity contribution in [3.63, 3.8) is 0 Å². The Balaban J connectivity index is 1.48. The van der Waals surface area contributed by atoms with Gasteiger partial charge in [-0.1, -0.05) is 0 Å². The smallest absolute Gasteiger partial charge is 0.410 e. The number of likely N-dealkylation sites (N-methyl/N-ethyl adjacent to an activating group) is 1. The second-order valence-corrected chi connectivity index (χ2v) is 6.84. The lowest BCUT2D eigenvalue weighted by atomic mass is 9.95. The van der Waals surface area contributed by atoms with E-state index in [1.807, 2.05) is 24.2 Å². The summed E-state index contributed by atoms with van der Waals surface area (Å²) < 4.78 is 7.64. The summed E-state index contributed by atoms with van der Waals surface area (Å²) in [4.78, 5) is 27.5. The van der Waals surface area contributed by atoms with E-state index in [-0.39, 0.29) is 12.1 Å². The number of rotatable bonds is 3. The molecule has 0 radical (unpaired) electrons. The quantitative estimate of drug-likeness (QED) is 0.913. The largest absolute Gasteiger partial charge is 0.441 e. The predicted molar refractivity (Wildman–Crippen MR) is 89.8 cm³/mol. The number of aromatic nitrogens is 1. The van der Waals surface area contributed by atoms with Crippen LogP contribution in [0.15, 0.2) is 18.3 Å². The predicted octanol–water partition coefficient (Wildman–Crippen LogP) is 1.58. The highest BCUT2D eigenvalue weighted by molar-refractivity contribution is 5.74. The number of nitrogens with zero attached hydrogens (tertiary/aromatic N) is 3. The maximum Gasteiger partial charge on any atom is 0.410 e. The molecule has 2 aliphatic heterocycles. The van der Waals surface area contributed by atoms with Gasteiger partial charge in [0.1, 0.15) is 5.60 Å². The first-order valence-corrected chi connectivity index (χ1v) is 8.56. The van der Waals surface area contributed by atoms with Crippen LogP contribution in [-0.2, 0) is 18.2 Å². The number of urea groups is 1. The number of amides is 3. The van der Waals surface area contributed by atoms with Crippen LogP contribution in [0.5, 0.6) is 0 Å². The molecule has 132 valence electrons. The van der Waals surface area contributed by atoms with Crippen LogP contribution in [0.25, 0.3) is 0 Å². The van der Waals surface area contributed by atoms with Crippen LogP contribution >= 0.6 is 0 Å². The first-order valence-electron chi connectivity index (χ1n) is 8.56. The highest BCUT2D eigenvalue weighted by atomic mass is 16.6. The SMILES string of the molecule is CN1C[C@]2(CCCN(C(=O)NCCc3cccn3C)CC2)OC1=O. The molecule has 1 N–H and O–H groups in total. The van der Waals surface area contributed by atoms with Crippen LogP contribution in [-0.4, -0.2) is 65.3 Å². The van der Waals surface area contributed by atoms with E-state index in [1.54, 1.807) is 11.9 Å². The zero-order chi connectivity index (χ0) is 17.2. The number of ether oxygens (including phenoxy) is 1. The Morgan fingerprint density at radius 1 is 1.33 bits per heavy atom. The molecule has 1 atom stereocenters. The summed E-state index contributed by atoms with van der Waals surface area (Å²) in [6.45, 7) is 2.57. The van der Waals surface area contributed by atoms with Gasteiger partial charge in [0.05, 0.1) is 6.54 Å². The van der Waals surface area contributed by atoms with Crippen LogP contribution in [0.4, 0.5) is 9.59 Å². The number of hydrogen-bond donors (Lipinski definition) is 1. The van der Waals surface area contributed by atoms with Crippen molar-refractivity contribution in [2.45, 2.75) is 31.3 Å². The van der Waals surface area contributed by atoms with E-state index in [0.29, 0.717) is 32.6 Å². The number of likely N-dealkylation sites (tertiary alicyclic amines) is 1. The van der Waals surface area contributed by atoms with Gasteiger partial charge in [-0.05, 0) is 25.0 Å². The fraction of sp³-hybridized carbons (Fsp3) is 0.647. The lowest BCUT2D eigenvalue weighted by molar-refractivity contribution is 0.0453. The second-order valence-electron chi connectivity index (χ2n) is 6.84. The summed E-state index contributed by atoms with van der Waals surface area (Å²) in [7, 11) is 3.77. The van der Waals surface area contributed by atoms with Crippen LogP contribution in [0.3, 0.4) is 0 Å². The number of hydrogen-bond acceptors (Lipinski definition) is 3. The monoisotopic (exact) mass is 334 g/mol. The minimum Gasteiger partial charge on any atom is -0.441 e. The topological polar surface area (TPSA) is 66.8 Å². The Bertz CT molecular complexity index is 615. The van der Waals surface area contributed by atoms with Gasteiger partial charge in [0.25, 0.3) is 0 Å². The molecule has 0 aliphatic carbocycles. The molecule has 2 aliphatic rings. The van der Waals surface area contributed by atoms with E-state index in [1.165, 1.54) is 5.69 Å². The molecule has 0 unspecified atom stereocenters. The molecule has 1 aromatic rings. The summed E-state index contributed by atoms with van der Waals surface area (Å²) in [6, 6.07) is 4.04. The van der Waals surface area contributed by atoms with E-state index in [0.717, 1.165) is 19.3 Å². The Labute approximate surface area is 142 Å². The normalized spacial score (nSPS) is 24.2. The number of carbonyl (C=O) groups is 2. The lowest BCUT2D eigenvalue weighted by Gasteiger charge is -2.25. The molecule has 1 aromatic heterocycles. The van der Waals surface area contributed by atoms with Gasteiger partial charge in [-0.25, -0.2) is 9.59 Å². The number of aryl methyl sites for hydroxylation is 1. The van der Waals surface area contributed by atoms with Gasteiger partial charge < -0.3 is 24.4 Å². The van der Waals surface area contributed by atoms with Crippen molar-refractivity contribution < 1.29 is 14.3 Å². The van der Waals surface area contributed by atoms with Crippen LogP contribution in [0, 0.1) is 0 Å². The van der Waals surface area contributed by atoms with E-state index >= 15 is 0 Å². The van der Waals surface area contributed by atoms with E-state index in [2.05, 4.69) is 16.0 Å². The molecule has 3 rings (SSSR count). The number of nitrogens with one attached hydrogen (secondary N) is 1. The fourth-order valence-electron chi connectivity index (χ4n) is 3.59. The molecule has 1 spiro atoms. The highest BCUT2D eigenvalue weighted by Crippen LogP contribution is 2.32. The Morgan fingerprint density at radius 3 is 2.83 bits per heavy atom. The van der Waals surface area contributed by atoms with E-state index in [4.69, 9.17) is 4.74 Å². The minimum atomic E-state index is -0.413. The summed E-state index contributed by atoms with van der Waals surface area (Å²) in [6.07, 6.45) is 4.94. The molecular formula is C17H26N4O3. The maximum atomic E-state index is 12.4. The molecule has 7 nitrogen and oxygen atoms in total. The van der Waals surface area contributed by atoms with Gasteiger partial charge in [-0.3, -0.25) is 0 Å². The van der Waals surface area contributed by atoms with Crippen LogP contribution in [0.1, 0.15) is 25.0 Å². The van der Waals surface area contributed by atoms with Gasteiger partial charge >= 0.3 is 12.1 Å². The molecule has 3 amide bonds. The second kappa shape index (κ2) is 6.75.